The molecule has 2 N–H and O–H groups in total. The molecule has 2 rings (SSSR count). The summed E-state index contributed by atoms with van der Waals surface area (Å²) < 4.78 is 0.305. The van der Waals surface area contributed by atoms with Gasteiger partial charge in [0.05, 0.1) is 11.3 Å². The third-order valence-electron chi connectivity index (χ3n) is 4.11. The van der Waals surface area contributed by atoms with Crippen LogP contribution < -0.4 is 5.32 Å². The molecule has 1 aliphatic carbocycles. The van der Waals surface area contributed by atoms with Crippen molar-refractivity contribution in [3.8, 4) is 0 Å². The molecule has 1 saturated carbocycles. The Morgan fingerprint density at radius 3 is 2.65 bits per heavy atom. The molecule has 1 aromatic heterocycles. The summed E-state index contributed by atoms with van der Waals surface area (Å²) in [5.41, 5.74) is 0.831. The number of nitrogens with one attached hydrogen (secondary N) is 1. The number of nitrogens with zero attached hydrogens (tertiary/aromatic N) is 1. The van der Waals surface area contributed by atoms with E-state index in [2.05, 4.69) is 16.6 Å². The van der Waals surface area contributed by atoms with Crippen molar-refractivity contribution in [2.24, 2.45) is 0 Å². The number of anilines is 1. The monoisotopic (exact) mass is 294 g/mol. The summed E-state index contributed by atoms with van der Waals surface area (Å²) >= 11 is 1.94. The van der Waals surface area contributed by atoms with Gasteiger partial charge in [-0.2, -0.15) is 11.8 Å². The summed E-state index contributed by atoms with van der Waals surface area (Å²) in [6, 6.07) is 3.38. The molecule has 1 aromatic rings. The van der Waals surface area contributed by atoms with Crippen molar-refractivity contribution in [3.63, 3.8) is 0 Å². The van der Waals surface area contributed by atoms with Crippen molar-refractivity contribution in [3.05, 3.63) is 23.4 Å². The van der Waals surface area contributed by atoms with E-state index in [1.165, 1.54) is 32.1 Å². The lowest BCUT2D eigenvalue weighted by atomic mass is 9.88. The molecule has 0 aliphatic heterocycles. The molecule has 0 bridgehead atoms. The first-order chi connectivity index (χ1) is 9.56. The Morgan fingerprint density at radius 1 is 1.40 bits per heavy atom. The molecule has 1 heterocycles. The number of hydrogen-bond donors (Lipinski definition) is 2. The largest absolute Gasteiger partial charge is 0.478 e. The van der Waals surface area contributed by atoms with E-state index in [0.717, 1.165) is 12.4 Å². The fourth-order valence-electron chi connectivity index (χ4n) is 2.79. The van der Waals surface area contributed by atoms with Crippen LogP contribution in [0.15, 0.2) is 12.1 Å². The minimum absolute atomic E-state index is 0.271. The van der Waals surface area contributed by atoms with Crippen molar-refractivity contribution >= 4 is 23.5 Å². The highest BCUT2D eigenvalue weighted by Crippen LogP contribution is 2.38. The molecule has 20 heavy (non-hydrogen) atoms. The Balaban J connectivity index is 2.03. The predicted molar refractivity (Wildman–Crippen MR) is 83.8 cm³/mol. The van der Waals surface area contributed by atoms with Crippen LogP contribution in [0, 0.1) is 6.92 Å². The van der Waals surface area contributed by atoms with Crippen LogP contribution in [0.4, 0.5) is 5.82 Å². The van der Waals surface area contributed by atoms with E-state index >= 15 is 0 Å². The van der Waals surface area contributed by atoms with Gasteiger partial charge in [-0.05, 0) is 38.2 Å². The number of aromatic carboxylic acids is 1. The molecular formula is C15H22N2O2S. The van der Waals surface area contributed by atoms with E-state index in [1.54, 1.807) is 19.1 Å². The molecule has 0 saturated heterocycles. The van der Waals surface area contributed by atoms with Gasteiger partial charge in [0.2, 0.25) is 0 Å². The van der Waals surface area contributed by atoms with Crippen LogP contribution in [0.2, 0.25) is 0 Å². The maximum atomic E-state index is 11.0. The topological polar surface area (TPSA) is 62.2 Å². The van der Waals surface area contributed by atoms with Crippen LogP contribution in [-0.2, 0) is 0 Å². The first-order valence-corrected chi connectivity index (χ1v) is 8.29. The van der Waals surface area contributed by atoms with Crippen molar-refractivity contribution in [1.29, 1.82) is 0 Å². The number of thioether (sulfide) groups is 1. The Bertz CT molecular complexity index is 485. The highest BCUT2D eigenvalue weighted by atomic mass is 32.2. The zero-order valence-corrected chi connectivity index (χ0v) is 12.9. The van der Waals surface area contributed by atoms with Gasteiger partial charge in [0.15, 0.2) is 0 Å². The Kier molecular flexibility index (Phi) is 4.91. The number of hydrogen-bond acceptors (Lipinski definition) is 4. The Morgan fingerprint density at radius 2 is 2.10 bits per heavy atom. The lowest BCUT2D eigenvalue weighted by Crippen LogP contribution is -2.35. The summed E-state index contributed by atoms with van der Waals surface area (Å²) in [6.45, 7) is 2.63. The van der Waals surface area contributed by atoms with E-state index < -0.39 is 5.97 Å². The van der Waals surface area contributed by atoms with Crippen LogP contribution in [0.3, 0.4) is 0 Å². The van der Waals surface area contributed by atoms with E-state index in [0.29, 0.717) is 10.4 Å². The minimum Gasteiger partial charge on any atom is -0.478 e. The number of carboxylic acids is 1. The second-order valence-corrected chi connectivity index (χ2v) is 6.71. The van der Waals surface area contributed by atoms with Crippen LogP contribution >= 0.6 is 11.8 Å². The van der Waals surface area contributed by atoms with E-state index in [4.69, 9.17) is 5.11 Å². The quantitative estimate of drug-likeness (QED) is 0.869. The predicted octanol–water partition coefficient (Wildman–Crippen LogP) is 3.57. The molecule has 0 spiro atoms. The van der Waals surface area contributed by atoms with Crippen LogP contribution in [0.5, 0.6) is 0 Å². The maximum Gasteiger partial charge on any atom is 0.337 e. The SMILES string of the molecule is CSC1(CNc2ccc(C(=O)O)c(C)n2)CCCCC1. The third-order valence-corrected chi connectivity index (χ3v) is 5.52. The van der Waals surface area contributed by atoms with Crippen LogP contribution in [0.25, 0.3) is 0 Å². The molecule has 0 unspecified atom stereocenters. The smallest absolute Gasteiger partial charge is 0.337 e. The van der Waals surface area contributed by atoms with Crippen molar-refractivity contribution in [1.82, 2.24) is 4.98 Å². The molecule has 1 fully saturated rings. The summed E-state index contributed by atoms with van der Waals surface area (Å²) in [6.07, 6.45) is 8.60. The van der Waals surface area contributed by atoms with Gasteiger partial charge in [-0.3, -0.25) is 0 Å². The Hall–Kier alpha value is -1.23. The van der Waals surface area contributed by atoms with Crippen molar-refractivity contribution < 1.29 is 9.90 Å². The third kappa shape index (κ3) is 3.45. The standard InChI is InChI=1S/C15H22N2O2S/c1-11-12(14(18)19)6-7-13(17-11)16-10-15(20-2)8-4-3-5-9-15/h6-7H,3-5,8-10H2,1-2H3,(H,16,17)(H,18,19). The summed E-state index contributed by atoms with van der Waals surface area (Å²) in [7, 11) is 0. The zero-order chi connectivity index (χ0) is 14.6. The lowest BCUT2D eigenvalue weighted by molar-refractivity contribution is 0.0695. The maximum absolute atomic E-state index is 11.0. The summed E-state index contributed by atoms with van der Waals surface area (Å²) in [5.74, 6) is -0.152. The van der Waals surface area contributed by atoms with Gasteiger partial charge < -0.3 is 10.4 Å². The first kappa shape index (κ1) is 15.2. The van der Waals surface area contributed by atoms with E-state index in [-0.39, 0.29) is 5.56 Å². The molecular weight excluding hydrogens is 272 g/mol. The van der Waals surface area contributed by atoms with Crippen molar-refractivity contribution in [2.45, 2.75) is 43.8 Å². The zero-order valence-electron chi connectivity index (χ0n) is 12.1. The van der Waals surface area contributed by atoms with Gasteiger partial charge in [-0.1, -0.05) is 19.3 Å². The summed E-state index contributed by atoms with van der Waals surface area (Å²) in [4.78, 5) is 15.3. The number of rotatable bonds is 5. The highest BCUT2D eigenvalue weighted by Gasteiger charge is 2.30. The number of carboxylic acid groups (broad SMARTS) is 1. The molecule has 110 valence electrons. The van der Waals surface area contributed by atoms with Crippen LogP contribution in [0.1, 0.15) is 48.2 Å². The second-order valence-electron chi connectivity index (χ2n) is 5.44. The van der Waals surface area contributed by atoms with Gasteiger partial charge in [-0.15, -0.1) is 0 Å². The fraction of sp³-hybridized carbons (Fsp3) is 0.600. The van der Waals surface area contributed by atoms with Gasteiger partial charge in [0.1, 0.15) is 5.82 Å². The molecule has 0 atom stereocenters. The Labute approximate surface area is 124 Å². The number of pyridine rings is 1. The second kappa shape index (κ2) is 6.48. The highest BCUT2D eigenvalue weighted by molar-refractivity contribution is 8.00. The average Bonchev–Trinajstić information content (AvgIpc) is 2.46. The molecule has 0 amide bonds. The van der Waals surface area contributed by atoms with E-state index in [9.17, 15) is 4.79 Å². The summed E-state index contributed by atoms with van der Waals surface area (Å²) in [5, 5.41) is 12.4. The molecule has 1 aliphatic rings. The van der Waals surface area contributed by atoms with Gasteiger partial charge in [-0.25, -0.2) is 9.78 Å². The number of aryl methyl sites for hydroxylation is 1. The average molecular weight is 294 g/mol. The van der Waals surface area contributed by atoms with Gasteiger partial charge in [0, 0.05) is 11.3 Å². The lowest BCUT2D eigenvalue weighted by Gasteiger charge is -2.36. The number of carbonyl (C=O) groups is 1. The van der Waals surface area contributed by atoms with Crippen LogP contribution in [-0.4, -0.2) is 33.6 Å². The number of aromatic nitrogens is 1. The van der Waals surface area contributed by atoms with Gasteiger partial charge >= 0.3 is 5.97 Å². The normalized spacial score (nSPS) is 17.7. The molecule has 4 nitrogen and oxygen atoms in total. The molecule has 0 aromatic carbocycles. The molecule has 5 heteroatoms. The van der Waals surface area contributed by atoms with E-state index in [1.807, 2.05) is 11.8 Å². The van der Waals surface area contributed by atoms with Gasteiger partial charge in [0.25, 0.3) is 0 Å². The van der Waals surface area contributed by atoms with Crippen molar-refractivity contribution in [2.75, 3.05) is 18.1 Å². The minimum atomic E-state index is -0.922. The fourth-order valence-corrected chi connectivity index (χ4v) is 3.70. The first-order valence-electron chi connectivity index (χ1n) is 7.06. The molecule has 0 radical (unpaired) electrons.